The predicted molar refractivity (Wildman–Crippen MR) is 92.2 cm³/mol. The van der Waals surface area contributed by atoms with Crippen LogP contribution >= 0.6 is 12.4 Å². The second-order valence-corrected chi connectivity index (χ2v) is 4.69. The fourth-order valence-corrected chi connectivity index (χ4v) is 1.90. The van der Waals surface area contributed by atoms with E-state index in [0.29, 0.717) is 12.4 Å². The van der Waals surface area contributed by atoms with Gasteiger partial charge in [-0.15, -0.1) is 12.4 Å². The van der Waals surface area contributed by atoms with E-state index in [1.54, 1.807) is 19.2 Å². The van der Waals surface area contributed by atoms with Gasteiger partial charge in [0.1, 0.15) is 11.5 Å². The van der Waals surface area contributed by atoms with Crippen molar-refractivity contribution in [3.05, 3.63) is 54.1 Å². The number of hydrogen-bond donors (Lipinski definition) is 2. The van der Waals surface area contributed by atoms with Gasteiger partial charge in [0.2, 0.25) is 0 Å². The van der Waals surface area contributed by atoms with Crippen LogP contribution in [0.15, 0.2) is 48.5 Å². The molecule has 0 aromatic heterocycles. The predicted octanol–water partition coefficient (Wildman–Crippen LogP) is 3.70. The van der Waals surface area contributed by atoms with Crippen molar-refractivity contribution in [3.8, 4) is 11.5 Å². The highest BCUT2D eigenvalue weighted by Gasteiger charge is 2.02. The fraction of sp³-hybridized carbons (Fsp3) is 0.235. The molecule has 0 saturated heterocycles. The summed E-state index contributed by atoms with van der Waals surface area (Å²) < 4.78 is 10.7. The standard InChI is InChI=1S/C17H19NO4.ClH/c1-21-15-9-5-14(6-10-15)18-11-2-12-22-16-7-3-13(4-8-16)17(19)20;/h3-10,18H,2,11-12H2,1H3,(H,19,20);1H. The van der Waals surface area contributed by atoms with E-state index in [9.17, 15) is 4.79 Å². The third-order valence-electron chi connectivity index (χ3n) is 3.11. The number of benzene rings is 2. The van der Waals surface area contributed by atoms with E-state index in [2.05, 4.69) is 5.32 Å². The first-order valence-electron chi connectivity index (χ1n) is 7.03. The van der Waals surface area contributed by atoms with Crippen molar-refractivity contribution in [2.75, 3.05) is 25.6 Å². The molecule has 2 aromatic rings. The molecule has 0 spiro atoms. The summed E-state index contributed by atoms with van der Waals surface area (Å²) in [5.41, 5.74) is 1.29. The minimum Gasteiger partial charge on any atom is -0.497 e. The number of ether oxygens (including phenoxy) is 2. The van der Waals surface area contributed by atoms with Gasteiger partial charge in [0, 0.05) is 12.2 Å². The van der Waals surface area contributed by atoms with Crippen molar-refractivity contribution in [2.45, 2.75) is 6.42 Å². The largest absolute Gasteiger partial charge is 0.497 e. The minimum absolute atomic E-state index is 0. The monoisotopic (exact) mass is 337 g/mol. The lowest BCUT2D eigenvalue weighted by Crippen LogP contribution is -2.07. The number of anilines is 1. The van der Waals surface area contributed by atoms with Gasteiger partial charge in [-0.05, 0) is 55.0 Å². The molecule has 0 atom stereocenters. The first-order chi connectivity index (χ1) is 10.7. The molecule has 2 aromatic carbocycles. The number of hydrogen-bond acceptors (Lipinski definition) is 4. The third-order valence-corrected chi connectivity index (χ3v) is 3.11. The van der Waals surface area contributed by atoms with Gasteiger partial charge < -0.3 is 19.9 Å². The van der Waals surface area contributed by atoms with Gasteiger partial charge in [-0.25, -0.2) is 4.79 Å². The molecule has 23 heavy (non-hydrogen) atoms. The summed E-state index contributed by atoms with van der Waals surface area (Å²) in [7, 11) is 1.64. The molecule has 0 aliphatic heterocycles. The van der Waals surface area contributed by atoms with Crippen molar-refractivity contribution in [2.24, 2.45) is 0 Å². The number of methoxy groups -OCH3 is 1. The van der Waals surface area contributed by atoms with E-state index < -0.39 is 5.97 Å². The molecule has 0 heterocycles. The van der Waals surface area contributed by atoms with E-state index in [-0.39, 0.29) is 18.0 Å². The number of nitrogens with one attached hydrogen (secondary N) is 1. The zero-order valence-electron chi connectivity index (χ0n) is 12.8. The molecular formula is C17H20ClNO4. The number of rotatable bonds is 8. The van der Waals surface area contributed by atoms with Gasteiger partial charge in [-0.3, -0.25) is 0 Å². The molecule has 0 unspecified atom stereocenters. The second kappa shape index (κ2) is 9.58. The third kappa shape index (κ3) is 6.08. The molecule has 0 saturated carbocycles. The summed E-state index contributed by atoms with van der Waals surface area (Å²) in [6, 6.07) is 14.1. The van der Waals surface area contributed by atoms with E-state index in [1.165, 1.54) is 12.1 Å². The van der Waals surface area contributed by atoms with Crippen molar-refractivity contribution in [3.63, 3.8) is 0 Å². The van der Waals surface area contributed by atoms with Gasteiger partial charge in [-0.1, -0.05) is 0 Å². The Morgan fingerprint density at radius 3 is 2.22 bits per heavy atom. The molecule has 2 rings (SSSR count). The lowest BCUT2D eigenvalue weighted by atomic mass is 10.2. The summed E-state index contributed by atoms with van der Waals surface area (Å²) in [6.45, 7) is 1.36. The van der Waals surface area contributed by atoms with Gasteiger partial charge in [0.25, 0.3) is 0 Å². The van der Waals surface area contributed by atoms with Gasteiger partial charge in [-0.2, -0.15) is 0 Å². The lowest BCUT2D eigenvalue weighted by molar-refractivity contribution is 0.0697. The van der Waals surface area contributed by atoms with E-state index >= 15 is 0 Å². The van der Waals surface area contributed by atoms with Crippen LogP contribution in [0.1, 0.15) is 16.8 Å². The normalized spacial score (nSPS) is 9.61. The number of carbonyl (C=O) groups is 1. The van der Waals surface area contributed by atoms with Crippen LogP contribution in [0, 0.1) is 0 Å². The van der Waals surface area contributed by atoms with Crippen LogP contribution in [0.25, 0.3) is 0 Å². The Hall–Kier alpha value is -2.40. The van der Waals surface area contributed by atoms with Gasteiger partial charge >= 0.3 is 5.97 Å². The Bertz CT molecular complexity index is 599. The molecule has 6 heteroatoms. The Morgan fingerprint density at radius 2 is 1.65 bits per heavy atom. The number of carboxylic acids is 1. The minimum atomic E-state index is -0.935. The maximum absolute atomic E-state index is 10.7. The van der Waals surface area contributed by atoms with Crippen LogP contribution < -0.4 is 14.8 Å². The van der Waals surface area contributed by atoms with Gasteiger partial charge in [0.15, 0.2) is 0 Å². The maximum atomic E-state index is 10.7. The molecule has 124 valence electrons. The molecule has 2 N–H and O–H groups in total. The number of carboxylic acid groups (broad SMARTS) is 1. The SMILES string of the molecule is COc1ccc(NCCCOc2ccc(C(=O)O)cc2)cc1.Cl. The van der Waals surface area contributed by atoms with Crippen LogP contribution in [-0.4, -0.2) is 31.3 Å². The highest BCUT2D eigenvalue weighted by Crippen LogP contribution is 2.15. The zero-order valence-corrected chi connectivity index (χ0v) is 13.6. The Balaban J connectivity index is 0.00000264. The van der Waals surface area contributed by atoms with Crippen molar-refractivity contribution < 1.29 is 19.4 Å². The second-order valence-electron chi connectivity index (χ2n) is 4.69. The highest BCUT2D eigenvalue weighted by atomic mass is 35.5. The molecule has 0 aliphatic rings. The lowest BCUT2D eigenvalue weighted by Gasteiger charge is -2.09. The van der Waals surface area contributed by atoms with Crippen LogP contribution in [0.3, 0.4) is 0 Å². The summed E-state index contributed by atoms with van der Waals surface area (Å²) >= 11 is 0. The van der Waals surface area contributed by atoms with Crippen molar-refractivity contribution in [1.29, 1.82) is 0 Å². The van der Waals surface area contributed by atoms with E-state index in [0.717, 1.165) is 24.4 Å². The average Bonchev–Trinajstić information content (AvgIpc) is 2.55. The fourth-order valence-electron chi connectivity index (χ4n) is 1.90. The molecule has 5 nitrogen and oxygen atoms in total. The Morgan fingerprint density at radius 1 is 1.04 bits per heavy atom. The molecule has 0 amide bonds. The first-order valence-corrected chi connectivity index (χ1v) is 7.03. The van der Waals surface area contributed by atoms with Crippen LogP contribution in [0.4, 0.5) is 5.69 Å². The highest BCUT2D eigenvalue weighted by molar-refractivity contribution is 5.87. The summed E-state index contributed by atoms with van der Waals surface area (Å²) in [5, 5.41) is 12.1. The summed E-state index contributed by atoms with van der Waals surface area (Å²) in [6.07, 6.45) is 0.840. The quantitative estimate of drug-likeness (QED) is 0.719. The number of aromatic carboxylic acids is 1. The molecule has 0 aliphatic carbocycles. The molecule has 0 fully saturated rings. The van der Waals surface area contributed by atoms with Crippen LogP contribution in [0.2, 0.25) is 0 Å². The van der Waals surface area contributed by atoms with Crippen molar-refractivity contribution in [1.82, 2.24) is 0 Å². The first kappa shape index (κ1) is 18.6. The average molecular weight is 338 g/mol. The van der Waals surface area contributed by atoms with Gasteiger partial charge in [0.05, 0.1) is 19.3 Å². The van der Waals surface area contributed by atoms with Crippen LogP contribution in [0.5, 0.6) is 11.5 Å². The molecule has 0 radical (unpaired) electrons. The topological polar surface area (TPSA) is 67.8 Å². The van der Waals surface area contributed by atoms with E-state index in [4.69, 9.17) is 14.6 Å². The van der Waals surface area contributed by atoms with E-state index in [1.807, 2.05) is 24.3 Å². The smallest absolute Gasteiger partial charge is 0.335 e. The molecule has 0 bridgehead atoms. The maximum Gasteiger partial charge on any atom is 0.335 e. The summed E-state index contributed by atoms with van der Waals surface area (Å²) in [4.78, 5) is 10.7. The summed E-state index contributed by atoms with van der Waals surface area (Å²) in [5.74, 6) is 0.573. The number of halogens is 1. The van der Waals surface area contributed by atoms with Crippen molar-refractivity contribution >= 4 is 24.1 Å². The molecular weight excluding hydrogens is 318 g/mol. The van der Waals surface area contributed by atoms with Crippen LogP contribution in [-0.2, 0) is 0 Å². The zero-order chi connectivity index (χ0) is 15.8. The Labute approximate surface area is 141 Å². The Kier molecular flexibility index (Phi) is 7.77.